The van der Waals surface area contributed by atoms with Crippen molar-refractivity contribution >= 4 is 16.9 Å². The van der Waals surface area contributed by atoms with Crippen molar-refractivity contribution in [3.8, 4) is 11.9 Å². The van der Waals surface area contributed by atoms with Crippen molar-refractivity contribution in [2.45, 2.75) is 25.3 Å². The van der Waals surface area contributed by atoms with E-state index in [0.717, 1.165) is 23.3 Å². The van der Waals surface area contributed by atoms with Crippen molar-refractivity contribution in [2.75, 3.05) is 5.32 Å². The number of fused-ring (bicyclic) bond motifs is 2. The maximum Gasteiger partial charge on any atom is 0.159 e. The van der Waals surface area contributed by atoms with Crippen LogP contribution in [0.15, 0.2) is 61.2 Å². The molecule has 1 aliphatic carbocycles. The zero-order chi connectivity index (χ0) is 19.1. The topological polar surface area (TPSA) is 79.4 Å². The van der Waals surface area contributed by atoms with Crippen LogP contribution in [0.4, 0.5) is 5.82 Å². The quantitative estimate of drug-likeness (QED) is 0.583. The first kappa shape index (κ1) is 16.5. The summed E-state index contributed by atoms with van der Waals surface area (Å²) in [7, 11) is 0. The highest BCUT2D eigenvalue weighted by molar-refractivity contribution is 5.78. The summed E-state index contributed by atoms with van der Waals surface area (Å²) >= 11 is 0. The van der Waals surface area contributed by atoms with E-state index in [9.17, 15) is 0 Å². The van der Waals surface area contributed by atoms with E-state index in [1.807, 2.05) is 10.6 Å². The number of nitrogens with one attached hydrogen (secondary N) is 1. The molecule has 5 rings (SSSR count). The number of nitrogens with zero attached hydrogens (tertiary/aromatic N) is 5. The number of anilines is 1. The van der Waals surface area contributed by atoms with E-state index in [4.69, 9.17) is 10.2 Å². The number of hydrogen-bond donors (Lipinski definition) is 1. The lowest BCUT2D eigenvalue weighted by molar-refractivity contribution is 0.668. The zero-order valence-corrected chi connectivity index (χ0v) is 15.4. The second-order valence-corrected chi connectivity index (χ2v) is 7.15. The molecule has 28 heavy (non-hydrogen) atoms. The van der Waals surface area contributed by atoms with Gasteiger partial charge < -0.3 is 5.32 Å². The van der Waals surface area contributed by atoms with Gasteiger partial charge in [0.1, 0.15) is 12.1 Å². The molecule has 0 radical (unpaired) electrons. The Morgan fingerprint density at radius 3 is 2.86 bits per heavy atom. The lowest BCUT2D eigenvalue weighted by Crippen LogP contribution is -2.10. The molecule has 1 N–H and O–H groups in total. The Labute approximate surface area is 162 Å². The highest BCUT2D eigenvalue weighted by Crippen LogP contribution is 2.41. The molecule has 2 aromatic heterocycles. The molecule has 0 saturated heterocycles. The molecule has 0 saturated carbocycles. The maximum atomic E-state index is 9.07. The van der Waals surface area contributed by atoms with Crippen LogP contribution in [0.5, 0.6) is 0 Å². The molecule has 2 unspecified atom stereocenters. The van der Waals surface area contributed by atoms with Crippen LogP contribution in [-0.2, 0) is 0 Å². The Morgan fingerprint density at radius 2 is 2.00 bits per heavy atom. The number of hydrogen-bond acceptors (Lipinski definition) is 5. The first-order chi connectivity index (χ1) is 13.7. The van der Waals surface area contributed by atoms with Crippen molar-refractivity contribution in [1.29, 1.82) is 5.26 Å². The van der Waals surface area contributed by atoms with Crippen LogP contribution in [0.3, 0.4) is 0 Å². The predicted octanol–water partition coefficient (Wildman–Crippen LogP) is 4.35. The van der Waals surface area contributed by atoms with Crippen LogP contribution in [0.1, 0.15) is 42.0 Å². The fourth-order valence-corrected chi connectivity index (χ4v) is 4.01. The van der Waals surface area contributed by atoms with Gasteiger partial charge >= 0.3 is 0 Å². The minimum absolute atomic E-state index is 0.230. The van der Waals surface area contributed by atoms with E-state index in [1.54, 1.807) is 30.9 Å². The van der Waals surface area contributed by atoms with E-state index in [0.29, 0.717) is 17.3 Å². The minimum atomic E-state index is 0.230. The largest absolute Gasteiger partial charge is 0.362 e. The molecule has 6 heteroatoms. The number of aromatic nitrogens is 4. The molecule has 2 aromatic carbocycles. The van der Waals surface area contributed by atoms with Gasteiger partial charge in [0.15, 0.2) is 5.82 Å². The summed E-state index contributed by atoms with van der Waals surface area (Å²) in [6.45, 7) is 2.26. The lowest BCUT2D eigenvalue weighted by Gasteiger charge is -2.15. The lowest BCUT2D eigenvalue weighted by atomic mass is 10.0. The van der Waals surface area contributed by atoms with Gasteiger partial charge in [0.2, 0.25) is 0 Å². The third kappa shape index (κ3) is 2.69. The van der Waals surface area contributed by atoms with E-state index >= 15 is 0 Å². The molecule has 6 nitrogen and oxygen atoms in total. The molecule has 1 aliphatic rings. The fraction of sp³-hybridized carbons (Fsp3) is 0.182. The summed E-state index contributed by atoms with van der Waals surface area (Å²) in [6, 6.07) is 16.4. The van der Waals surface area contributed by atoms with Crippen LogP contribution in [0.2, 0.25) is 0 Å². The van der Waals surface area contributed by atoms with Crippen LogP contribution in [-0.4, -0.2) is 19.5 Å². The Balaban J connectivity index is 1.48. The number of rotatable bonds is 3. The summed E-state index contributed by atoms with van der Waals surface area (Å²) in [4.78, 5) is 13.5. The van der Waals surface area contributed by atoms with E-state index < -0.39 is 0 Å². The number of nitriles is 1. The average molecular weight is 366 g/mol. The molecule has 2 heterocycles. The van der Waals surface area contributed by atoms with Crippen LogP contribution >= 0.6 is 0 Å². The van der Waals surface area contributed by atoms with Crippen molar-refractivity contribution < 1.29 is 0 Å². The summed E-state index contributed by atoms with van der Waals surface area (Å²) in [5.74, 6) is 1.95. The van der Waals surface area contributed by atoms with Gasteiger partial charge in [-0.25, -0.2) is 9.97 Å². The van der Waals surface area contributed by atoms with Crippen molar-refractivity contribution in [3.63, 3.8) is 0 Å². The zero-order valence-electron chi connectivity index (χ0n) is 15.4. The Kier molecular flexibility index (Phi) is 3.80. The molecular weight excluding hydrogens is 348 g/mol. The van der Waals surface area contributed by atoms with Crippen molar-refractivity contribution in [2.24, 2.45) is 0 Å². The predicted molar refractivity (Wildman–Crippen MR) is 107 cm³/mol. The molecule has 0 amide bonds. The molecule has 2 atom stereocenters. The van der Waals surface area contributed by atoms with Crippen LogP contribution in [0.25, 0.3) is 16.9 Å². The Hall–Kier alpha value is -3.72. The number of benzene rings is 2. The van der Waals surface area contributed by atoms with Crippen molar-refractivity contribution in [1.82, 2.24) is 19.5 Å². The molecule has 0 fully saturated rings. The van der Waals surface area contributed by atoms with Gasteiger partial charge in [0.25, 0.3) is 0 Å². The highest BCUT2D eigenvalue weighted by atomic mass is 15.2. The van der Waals surface area contributed by atoms with Crippen LogP contribution < -0.4 is 5.32 Å². The Morgan fingerprint density at radius 1 is 1.14 bits per heavy atom. The number of imidazole rings is 1. The van der Waals surface area contributed by atoms with Gasteiger partial charge in [-0.3, -0.25) is 9.55 Å². The second kappa shape index (κ2) is 6.46. The SMILES string of the molecule is CC1CC(Nc2cncc(-n3cnc4cc(C#N)ccc43)n2)c2ccccc21. The fourth-order valence-electron chi connectivity index (χ4n) is 4.01. The molecule has 0 spiro atoms. The minimum Gasteiger partial charge on any atom is -0.362 e. The molecule has 0 aliphatic heterocycles. The maximum absolute atomic E-state index is 9.07. The second-order valence-electron chi connectivity index (χ2n) is 7.15. The monoisotopic (exact) mass is 366 g/mol. The first-order valence-electron chi connectivity index (χ1n) is 9.28. The third-order valence-electron chi connectivity index (χ3n) is 5.36. The van der Waals surface area contributed by atoms with Gasteiger partial charge in [-0.2, -0.15) is 5.26 Å². The van der Waals surface area contributed by atoms with Gasteiger partial charge in [0, 0.05) is 0 Å². The smallest absolute Gasteiger partial charge is 0.159 e. The normalized spacial score (nSPS) is 18.0. The Bertz CT molecular complexity index is 1220. The summed E-state index contributed by atoms with van der Waals surface area (Å²) in [5.41, 5.74) is 4.98. The third-order valence-corrected chi connectivity index (χ3v) is 5.36. The summed E-state index contributed by atoms with van der Waals surface area (Å²) in [5, 5.41) is 12.6. The van der Waals surface area contributed by atoms with Gasteiger partial charge in [-0.15, -0.1) is 0 Å². The molecule has 4 aromatic rings. The molecule has 0 bridgehead atoms. The van der Waals surface area contributed by atoms with Crippen molar-refractivity contribution in [3.05, 3.63) is 77.9 Å². The highest BCUT2D eigenvalue weighted by Gasteiger charge is 2.27. The average Bonchev–Trinajstić information content (AvgIpc) is 3.29. The summed E-state index contributed by atoms with van der Waals surface area (Å²) < 4.78 is 1.89. The van der Waals surface area contributed by atoms with E-state index in [1.165, 1.54) is 11.1 Å². The van der Waals surface area contributed by atoms with E-state index in [-0.39, 0.29) is 6.04 Å². The van der Waals surface area contributed by atoms with Crippen LogP contribution in [0, 0.1) is 11.3 Å². The standard InChI is InChI=1S/C22H18N6/c1-14-8-18(17-5-3-2-4-16(14)17)26-21-11-24-12-22(27-21)28-13-25-19-9-15(10-23)6-7-20(19)28/h2-7,9,11-14,18H,8H2,1H3,(H,26,27). The summed E-state index contributed by atoms with van der Waals surface area (Å²) in [6.07, 6.45) is 6.22. The first-order valence-corrected chi connectivity index (χ1v) is 9.28. The molecule has 136 valence electrons. The van der Waals surface area contributed by atoms with Gasteiger partial charge in [0.05, 0.1) is 41.1 Å². The molecular formula is C22H18N6. The van der Waals surface area contributed by atoms with Gasteiger partial charge in [-0.05, 0) is 41.7 Å². The van der Waals surface area contributed by atoms with E-state index in [2.05, 4.69) is 52.5 Å². The van der Waals surface area contributed by atoms with Gasteiger partial charge in [-0.1, -0.05) is 31.2 Å².